The Kier molecular flexibility index (Phi) is 6.24. The molecule has 6 rings (SSSR count). The monoisotopic (exact) mass is 534 g/mol. The molecule has 0 radical (unpaired) electrons. The number of rotatable bonds is 4. The topological polar surface area (TPSA) is 92.6 Å². The minimum Gasteiger partial charge on any atom is -0.341 e. The number of nitrogens with zero attached hydrogens (tertiary/aromatic N) is 4. The molecular formula is C27H26N4O4S2. The summed E-state index contributed by atoms with van der Waals surface area (Å²) < 4.78 is 1.51. The van der Waals surface area contributed by atoms with E-state index in [-0.39, 0.29) is 29.1 Å². The van der Waals surface area contributed by atoms with Gasteiger partial charge in [-0.15, -0.1) is 0 Å². The van der Waals surface area contributed by atoms with E-state index >= 15 is 0 Å². The molecule has 3 atom stereocenters. The number of thioether (sulfide) groups is 1. The highest BCUT2D eigenvalue weighted by atomic mass is 32.2. The molecule has 37 heavy (non-hydrogen) atoms. The molecule has 0 saturated carbocycles. The minimum atomic E-state index is -0.697. The first-order chi connectivity index (χ1) is 17.9. The second-order valence-corrected chi connectivity index (χ2v) is 11.9. The van der Waals surface area contributed by atoms with Gasteiger partial charge in [-0.3, -0.25) is 28.7 Å². The summed E-state index contributed by atoms with van der Waals surface area (Å²) in [6, 6.07) is 11.0. The standard InChI is InChI=1S/C27H26N4O4S2/c1-16-7-9-18(10-8-16)31-24(33)21-20(17-6-5-11-28-14-17)23-26(36-22(21)25(31)34)30(27(35)37-23)15-19(32)29-12-3-2-4-13-29/h5-11,14,20-22H,2-4,12-13,15H2,1H3/t20-,21-,22+/m0/s1. The number of thiazole rings is 1. The Bertz CT molecular complexity index is 1430. The van der Waals surface area contributed by atoms with Crippen LogP contribution in [0.15, 0.2) is 58.6 Å². The van der Waals surface area contributed by atoms with E-state index in [4.69, 9.17) is 0 Å². The Balaban J connectivity index is 1.42. The van der Waals surface area contributed by atoms with Crippen molar-refractivity contribution < 1.29 is 14.4 Å². The number of anilines is 1. The van der Waals surface area contributed by atoms with Gasteiger partial charge in [-0.05, 0) is 49.9 Å². The van der Waals surface area contributed by atoms with Gasteiger partial charge in [0.15, 0.2) is 0 Å². The molecule has 1 aromatic carbocycles. The van der Waals surface area contributed by atoms with Crippen molar-refractivity contribution in [3.63, 3.8) is 0 Å². The molecule has 10 heteroatoms. The van der Waals surface area contributed by atoms with Crippen LogP contribution in [0.2, 0.25) is 0 Å². The lowest BCUT2D eigenvalue weighted by Gasteiger charge is -2.31. The molecule has 0 N–H and O–H groups in total. The van der Waals surface area contributed by atoms with Crippen LogP contribution in [0, 0.1) is 12.8 Å². The van der Waals surface area contributed by atoms with Gasteiger partial charge in [0.25, 0.3) is 0 Å². The van der Waals surface area contributed by atoms with Crippen LogP contribution in [0.4, 0.5) is 5.69 Å². The maximum atomic E-state index is 13.8. The number of hydrogen-bond donors (Lipinski definition) is 0. The summed E-state index contributed by atoms with van der Waals surface area (Å²) in [7, 11) is 0. The van der Waals surface area contributed by atoms with E-state index in [0.717, 1.165) is 46.6 Å². The average Bonchev–Trinajstić information content (AvgIpc) is 3.36. The van der Waals surface area contributed by atoms with Crippen molar-refractivity contribution in [3.8, 4) is 0 Å². The van der Waals surface area contributed by atoms with E-state index in [1.165, 1.54) is 21.2 Å². The number of fused-ring (bicyclic) bond motifs is 2. The molecular weight excluding hydrogens is 508 g/mol. The Labute approximate surface area is 222 Å². The van der Waals surface area contributed by atoms with Gasteiger partial charge in [-0.25, -0.2) is 4.90 Å². The largest absolute Gasteiger partial charge is 0.341 e. The number of pyridine rings is 1. The van der Waals surface area contributed by atoms with Crippen molar-refractivity contribution in [3.05, 3.63) is 74.5 Å². The summed E-state index contributed by atoms with van der Waals surface area (Å²) in [5.41, 5.74) is 2.36. The molecule has 190 valence electrons. The molecule has 2 aromatic heterocycles. The van der Waals surface area contributed by atoms with Crippen molar-refractivity contribution in [2.24, 2.45) is 5.92 Å². The average molecular weight is 535 g/mol. The summed E-state index contributed by atoms with van der Waals surface area (Å²) in [6.07, 6.45) is 6.40. The second kappa shape index (κ2) is 9.57. The number of carbonyl (C=O) groups excluding carboxylic acids is 3. The van der Waals surface area contributed by atoms with Crippen LogP contribution in [0.5, 0.6) is 0 Å². The molecule has 0 aliphatic carbocycles. The molecule has 3 aliphatic heterocycles. The van der Waals surface area contributed by atoms with Crippen LogP contribution in [0.25, 0.3) is 0 Å². The van der Waals surface area contributed by atoms with E-state index in [0.29, 0.717) is 23.8 Å². The predicted octanol–water partition coefficient (Wildman–Crippen LogP) is 3.42. The molecule has 3 amide bonds. The lowest BCUT2D eigenvalue weighted by atomic mass is 9.84. The van der Waals surface area contributed by atoms with E-state index in [2.05, 4.69) is 4.98 Å². The zero-order valence-electron chi connectivity index (χ0n) is 20.3. The van der Waals surface area contributed by atoms with Gasteiger partial charge in [0.1, 0.15) is 11.8 Å². The smallest absolute Gasteiger partial charge is 0.308 e. The Morgan fingerprint density at radius 2 is 1.78 bits per heavy atom. The summed E-state index contributed by atoms with van der Waals surface area (Å²) in [5.74, 6) is -1.82. The number of amides is 3. The lowest BCUT2D eigenvalue weighted by Crippen LogP contribution is -2.39. The molecule has 2 saturated heterocycles. The normalized spacial score (nSPS) is 23.2. The van der Waals surface area contributed by atoms with Gasteiger partial charge in [-0.1, -0.05) is 46.9 Å². The van der Waals surface area contributed by atoms with E-state index < -0.39 is 17.1 Å². The first-order valence-corrected chi connectivity index (χ1v) is 14.2. The number of hydrogen-bond acceptors (Lipinski definition) is 7. The van der Waals surface area contributed by atoms with Crippen molar-refractivity contribution in [1.29, 1.82) is 0 Å². The maximum Gasteiger partial charge on any atom is 0.308 e. The quantitative estimate of drug-likeness (QED) is 0.477. The van der Waals surface area contributed by atoms with Gasteiger partial charge in [-0.2, -0.15) is 0 Å². The van der Waals surface area contributed by atoms with Gasteiger partial charge >= 0.3 is 4.87 Å². The van der Waals surface area contributed by atoms with Gasteiger partial charge in [0.2, 0.25) is 17.7 Å². The van der Waals surface area contributed by atoms with E-state index in [1.807, 2.05) is 30.0 Å². The minimum absolute atomic E-state index is 0.0569. The van der Waals surface area contributed by atoms with E-state index in [1.54, 1.807) is 30.6 Å². The Hall–Kier alpha value is -3.24. The first-order valence-electron chi connectivity index (χ1n) is 12.5. The molecule has 2 fully saturated rings. The summed E-state index contributed by atoms with van der Waals surface area (Å²) >= 11 is 2.31. The molecule has 3 aliphatic rings. The molecule has 0 bridgehead atoms. The number of aromatic nitrogens is 2. The third-order valence-electron chi connectivity index (χ3n) is 7.39. The lowest BCUT2D eigenvalue weighted by molar-refractivity contribution is -0.133. The molecule has 3 aromatic rings. The number of likely N-dealkylation sites (tertiary alicyclic amines) is 1. The fourth-order valence-electron chi connectivity index (χ4n) is 5.50. The van der Waals surface area contributed by atoms with Crippen LogP contribution in [-0.4, -0.2) is 50.5 Å². The number of benzene rings is 1. The van der Waals surface area contributed by atoms with Crippen LogP contribution in [-0.2, 0) is 20.9 Å². The maximum absolute atomic E-state index is 13.8. The fourth-order valence-corrected chi connectivity index (χ4v) is 8.27. The van der Waals surface area contributed by atoms with Crippen molar-refractivity contribution >= 4 is 46.5 Å². The third kappa shape index (κ3) is 4.12. The fraction of sp³-hybridized carbons (Fsp3) is 0.370. The van der Waals surface area contributed by atoms with Crippen LogP contribution in [0.1, 0.15) is 41.2 Å². The van der Waals surface area contributed by atoms with Gasteiger partial charge in [0, 0.05) is 36.3 Å². The van der Waals surface area contributed by atoms with Crippen molar-refractivity contribution in [2.45, 2.75) is 48.9 Å². The van der Waals surface area contributed by atoms with Gasteiger partial charge < -0.3 is 4.90 Å². The predicted molar refractivity (Wildman–Crippen MR) is 142 cm³/mol. The number of aryl methyl sites for hydroxylation is 1. The number of piperidine rings is 1. The molecule has 0 spiro atoms. The Morgan fingerprint density at radius 1 is 1.03 bits per heavy atom. The summed E-state index contributed by atoms with van der Waals surface area (Å²) in [6.45, 7) is 3.30. The first kappa shape index (κ1) is 24.1. The number of imide groups is 1. The molecule has 0 unspecified atom stereocenters. The van der Waals surface area contributed by atoms with Crippen LogP contribution >= 0.6 is 23.1 Å². The van der Waals surface area contributed by atoms with Crippen molar-refractivity contribution in [1.82, 2.24) is 14.5 Å². The second-order valence-electron chi connectivity index (χ2n) is 9.74. The number of carbonyl (C=O) groups is 3. The summed E-state index contributed by atoms with van der Waals surface area (Å²) in [5, 5.41) is -0.0841. The van der Waals surface area contributed by atoms with E-state index in [9.17, 15) is 19.2 Å². The van der Waals surface area contributed by atoms with Gasteiger partial charge in [0.05, 0.1) is 16.6 Å². The molecule has 5 heterocycles. The molecule has 8 nitrogen and oxygen atoms in total. The van der Waals surface area contributed by atoms with Crippen LogP contribution < -0.4 is 9.77 Å². The highest BCUT2D eigenvalue weighted by Gasteiger charge is 2.56. The zero-order valence-corrected chi connectivity index (χ0v) is 22.0. The highest BCUT2D eigenvalue weighted by molar-refractivity contribution is 8.00. The highest BCUT2D eigenvalue weighted by Crippen LogP contribution is 2.53. The van der Waals surface area contributed by atoms with Crippen molar-refractivity contribution in [2.75, 3.05) is 18.0 Å². The summed E-state index contributed by atoms with van der Waals surface area (Å²) in [4.78, 5) is 61.7. The van der Waals surface area contributed by atoms with Crippen LogP contribution in [0.3, 0.4) is 0 Å². The Morgan fingerprint density at radius 3 is 2.49 bits per heavy atom. The zero-order chi connectivity index (χ0) is 25.7. The SMILES string of the molecule is Cc1ccc(N2C(=O)[C@H]3[C@H](c4cccnc4)c4sc(=O)n(CC(=O)N5CCCCC5)c4S[C@H]3C2=O)cc1. The third-order valence-corrected chi connectivity index (χ3v) is 9.99.